The van der Waals surface area contributed by atoms with E-state index in [9.17, 15) is 14.7 Å². The number of hydrogen-bond acceptors (Lipinski definition) is 3. The lowest BCUT2D eigenvalue weighted by Crippen LogP contribution is -2.46. The summed E-state index contributed by atoms with van der Waals surface area (Å²) in [7, 11) is 1.72. The van der Waals surface area contributed by atoms with Crippen LogP contribution in [0.3, 0.4) is 0 Å². The summed E-state index contributed by atoms with van der Waals surface area (Å²) >= 11 is 5.35. The molecule has 5 nitrogen and oxygen atoms in total. The fraction of sp³-hybridized carbons (Fsp3) is 0.348. The monoisotopic (exact) mass is 412 g/mol. The summed E-state index contributed by atoms with van der Waals surface area (Å²) in [4.78, 5) is 24.9. The van der Waals surface area contributed by atoms with Crippen molar-refractivity contribution in [3.8, 4) is 0 Å². The summed E-state index contributed by atoms with van der Waals surface area (Å²) in [5, 5.41) is 15.5. The molecule has 0 aliphatic rings. The van der Waals surface area contributed by atoms with Crippen molar-refractivity contribution in [2.45, 2.75) is 38.1 Å². The maximum atomic E-state index is 12.6. The number of aliphatic carboxylic acids is 1. The number of likely N-dealkylation sites (N-methyl/N-ethyl adjacent to an activating group) is 1. The molecular formula is C23H28N2O3S. The zero-order chi connectivity index (χ0) is 21.2. The zero-order valence-corrected chi connectivity index (χ0v) is 17.6. The highest BCUT2D eigenvalue weighted by Crippen LogP contribution is 2.25. The molecule has 0 aromatic heterocycles. The molecule has 0 saturated carbocycles. The van der Waals surface area contributed by atoms with Gasteiger partial charge in [0.05, 0.1) is 16.9 Å². The number of carbonyl (C=O) groups excluding carboxylic acids is 1. The minimum Gasteiger partial charge on any atom is -0.481 e. The number of carbonyl (C=O) groups is 2. The summed E-state index contributed by atoms with van der Waals surface area (Å²) in [6, 6.07) is 19.1. The van der Waals surface area contributed by atoms with Crippen LogP contribution in [0.4, 0.5) is 0 Å². The Morgan fingerprint density at radius 1 is 1.03 bits per heavy atom. The average Bonchev–Trinajstić information content (AvgIpc) is 2.73. The van der Waals surface area contributed by atoms with Crippen LogP contribution < -0.4 is 10.6 Å². The summed E-state index contributed by atoms with van der Waals surface area (Å²) in [5.41, 5.74) is 2.11. The first-order valence-electron chi connectivity index (χ1n) is 9.73. The van der Waals surface area contributed by atoms with E-state index in [1.807, 2.05) is 67.6 Å². The second kappa shape index (κ2) is 11.3. The maximum absolute atomic E-state index is 12.6. The summed E-state index contributed by atoms with van der Waals surface area (Å²) in [5.74, 6) is -1.98. The molecule has 0 fully saturated rings. The van der Waals surface area contributed by atoms with Crippen LogP contribution in [0.1, 0.15) is 36.8 Å². The molecule has 0 bridgehead atoms. The first-order valence-corrected chi connectivity index (χ1v) is 10.1. The molecule has 3 N–H and O–H groups in total. The van der Waals surface area contributed by atoms with Gasteiger partial charge in [-0.05, 0) is 29.9 Å². The van der Waals surface area contributed by atoms with Crippen molar-refractivity contribution in [2.24, 2.45) is 5.92 Å². The lowest BCUT2D eigenvalue weighted by atomic mass is 9.88. The van der Waals surface area contributed by atoms with Gasteiger partial charge in [0.2, 0.25) is 5.91 Å². The van der Waals surface area contributed by atoms with Crippen molar-refractivity contribution >= 4 is 29.1 Å². The lowest BCUT2D eigenvalue weighted by molar-refractivity contribution is -0.144. The number of benzene rings is 2. The van der Waals surface area contributed by atoms with E-state index in [-0.39, 0.29) is 24.3 Å². The third-order valence-electron chi connectivity index (χ3n) is 4.97. The summed E-state index contributed by atoms with van der Waals surface area (Å²) in [6.45, 7) is 1.98. The van der Waals surface area contributed by atoms with Crippen LogP contribution >= 0.6 is 12.2 Å². The molecule has 0 aliphatic heterocycles. The molecule has 0 heterocycles. The van der Waals surface area contributed by atoms with Crippen LogP contribution in [0, 0.1) is 5.92 Å². The predicted molar refractivity (Wildman–Crippen MR) is 119 cm³/mol. The standard InChI is InChI=1S/C23H28N2O3S/c1-16(18-11-7-4-8-12-18)13-19(23(27)28)15-21(26)25-20(22(29)24-2)14-17-9-5-3-6-10-17/h3-12,16,19-20H,13-15H2,1-2H3,(H,24,29)(H,25,26)(H,27,28)/t16?,19-,20+/m1/s1. The molecular weight excluding hydrogens is 384 g/mol. The SMILES string of the molecule is CNC(=S)[C@H](Cc1ccccc1)NC(=O)C[C@@H](CC(C)c1ccccc1)C(=O)O. The number of amides is 1. The molecule has 0 spiro atoms. The molecule has 6 heteroatoms. The van der Waals surface area contributed by atoms with Gasteiger partial charge in [-0.2, -0.15) is 0 Å². The van der Waals surface area contributed by atoms with E-state index in [1.54, 1.807) is 7.05 Å². The van der Waals surface area contributed by atoms with Gasteiger partial charge >= 0.3 is 5.97 Å². The number of carboxylic acid groups (broad SMARTS) is 1. The molecule has 2 aromatic carbocycles. The van der Waals surface area contributed by atoms with Crippen LogP contribution in [0.15, 0.2) is 60.7 Å². The lowest BCUT2D eigenvalue weighted by Gasteiger charge is -2.22. The van der Waals surface area contributed by atoms with E-state index in [0.29, 0.717) is 17.8 Å². The highest BCUT2D eigenvalue weighted by atomic mass is 32.1. The highest BCUT2D eigenvalue weighted by Gasteiger charge is 2.26. The average molecular weight is 413 g/mol. The van der Waals surface area contributed by atoms with E-state index < -0.39 is 11.9 Å². The van der Waals surface area contributed by atoms with Crippen LogP contribution in [0.5, 0.6) is 0 Å². The van der Waals surface area contributed by atoms with Crippen molar-refractivity contribution in [2.75, 3.05) is 7.05 Å². The molecule has 0 aliphatic carbocycles. The molecule has 1 unspecified atom stereocenters. The zero-order valence-electron chi connectivity index (χ0n) is 16.8. The second-order valence-corrected chi connectivity index (χ2v) is 7.65. The van der Waals surface area contributed by atoms with Gasteiger partial charge in [0.25, 0.3) is 0 Å². The Balaban J connectivity index is 2.01. The number of hydrogen-bond donors (Lipinski definition) is 3. The van der Waals surface area contributed by atoms with Crippen molar-refractivity contribution in [3.63, 3.8) is 0 Å². The molecule has 2 aromatic rings. The Morgan fingerprint density at radius 3 is 2.17 bits per heavy atom. The molecule has 0 saturated heterocycles. The third-order valence-corrected chi connectivity index (χ3v) is 5.46. The third kappa shape index (κ3) is 7.31. The summed E-state index contributed by atoms with van der Waals surface area (Å²) in [6.07, 6.45) is 0.862. The Bertz CT molecular complexity index is 811. The minimum atomic E-state index is -0.960. The highest BCUT2D eigenvalue weighted by molar-refractivity contribution is 7.80. The van der Waals surface area contributed by atoms with Crippen molar-refractivity contribution in [3.05, 3.63) is 71.8 Å². The first kappa shape index (κ1) is 22.6. The Hall–Kier alpha value is -2.73. The molecule has 2 rings (SSSR count). The largest absolute Gasteiger partial charge is 0.481 e. The molecule has 0 radical (unpaired) electrons. The predicted octanol–water partition coefficient (Wildman–Crippen LogP) is 3.55. The van der Waals surface area contributed by atoms with Gasteiger partial charge < -0.3 is 15.7 Å². The van der Waals surface area contributed by atoms with Gasteiger partial charge in [-0.1, -0.05) is 79.8 Å². The number of carboxylic acids is 1. The molecule has 154 valence electrons. The maximum Gasteiger partial charge on any atom is 0.307 e. The fourth-order valence-electron chi connectivity index (χ4n) is 3.33. The minimum absolute atomic E-state index is 0.0450. The van der Waals surface area contributed by atoms with Gasteiger partial charge in [-0.3, -0.25) is 9.59 Å². The van der Waals surface area contributed by atoms with Gasteiger partial charge in [0.15, 0.2) is 0 Å². The first-order chi connectivity index (χ1) is 13.9. The van der Waals surface area contributed by atoms with Crippen molar-refractivity contribution in [1.29, 1.82) is 0 Å². The van der Waals surface area contributed by atoms with Crippen LogP contribution in [-0.4, -0.2) is 35.1 Å². The number of rotatable bonds is 10. The normalized spacial score (nSPS) is 13.7. The molecule has 1 amide bonds. The van der Waals surface area contributed by atoms with Crippen LogP contribution in [0.25, 0.3) is 0 Å². The van der Waals surface area contributed by atoms with Gasteiger partial charge in [-0.25, -0.2) is 0 Å². The van der Waals surface area contributed by atoms with Crippen molar-refractivity contribution in [1.82, 2.24) is 10.6 Å². The van der Waals surface area contributed by atoms with E-state index in [2.05, 4.69) is 10.6 Å². The van der Waals surface area contributed by atoms with E-state index >= 15 is 0 Å². The van der Waals surface area contributed by atoms with Gasteiger partial charge in [0, 0.05) is 13.5 Å². The quantitative estimate of drug-likeness (QED) is 0.520. The fourth-order valence-corrected chi connectivity index (χ4v) is 3.47. The van der Waals surface area contributed by atoms with Crippen molar-refractivity contribution < 1.29 is 14.7 Å². The van der Waals surface area contributed by atoms with E-state index in [0.717, 1.165) is 11.1 Å². The second-order valence-electron chi connectivity index (χ2n) is 7.21. The summed E-state index contributed by atoms with van der Waals surface area (Å²) < 4.78 is 0. The Morgan fingerprint density at radius 2 is 1.62 bits per heavy atom. The van der Waals surface area contributed by atoms with Gasteiger partial charge in [0.1, 0.15) is 0 Å². The Labute approximate surface area is 177 Å². The number of thiocarbonyl (C=S) groups is 1. The smallest absolute Gasteiger partial charge is 0.307 e. The van der Waals surface area contributed by atoms with Crippen LogP contribution in [-0.2, 0) is 16.0 Å². The van der Waals surface area contributed by atoms with Gasteiger partial charge in [-0.15, -0.1) is 0 Å². The Kier molecular flexibility index (Phi) is 8.80. The topological polar surface area (TPSA) is 78.4 Å². The van der Waals surface area contributed by atoms with Crippen LogP contribution in [0.2, 0.25) is 0 Å². The molecule has 3 atom stereocenters. The molecule has 29 heavy (non-hydrogen) atoms. The van der Waals surface area contributed by atoms with E-state index in [1.165, 1.54) is 0 Å². The number of nitrogens with one attached hydrogen (secondary N) is 2. The van der Waals surface area contributed by atoms with E-state index in [4.69, 9.17) is 12.2 Å².